The van der Waals surface area contributed by atoms with Crippen LogP contribution in [0.25, 0.3) is 0 Å². The molecule has 0 unspecified atom stereocenters. The number of nitrogens with two attached hydrogens (primary N) is 1. The van der Waals surface area contributed by atoms with Crippen molar-refractivity contribution < 1.29 is 24.9 Å². The van der Waals surface area contributed by atoms with Crippen LogP contribution < -0.4 is 11.1 Å². The van der Waals surface area contributed by atoms with Gasteiger partial charge in [0.05, 0.1) is 0 Å². The van der Waals surface area contributed by atoms with Crippen molar-refractivity contribution in [2.45, 2.75) is 52.1 Å². The Morgan fingerprint density at radius 2 is 1.75 bits per heavy atom. The number of carbonyl (C=O) groups is 2. The zero-order chi connectivity index (χ0) is 16.1. The van der Waals surface area contributed by atoms with E-state index < -0.39 is 24.0 Å². The first-order valence-electron chi connectivity index (χ1n) is 6.87. The summed E-state index contributed by atoms with van der Waals surface area (Å²) < 4.78 is 0. The molecule has 0 aliphatic rings. The minimum absolute atomic E-state index is 0.0718. The maximum atomic E-state index is 10.4. The zero-order valence-electron chi connectivity index (χ0n) is 12.5. The average Bonchev–Trinajstić information content (AvgIpc) is 2.41. The van der Waals surface area contributed by atoms with Crippen molar-refractivity contribution in [3.8, 4) is 0 Å². The molecule has 0 bridgehead atoms. The quantitative estimate of drug-likeness (QED) is 0.412. The van der Waals surface area contributed by atoms with Crippen LogP contribution in [0.3, 0.4) is 0 Å². The molecule has 0 saturated carbocycles. The molecular formula is C13H28N2O5. The van der Waals surface area contributed by atoms with E-state index in [2.05, 4.69) is 5.32 Å². The average molecular weight is 292 g/mol. The van der Waals surface area contributed by atoms with Crippen molar-refractivity contribution in [3.05, 3.63) is 0 Å². The van der Waals surface area contributed by atoms with E-state index in [4.69, 9.17) is 21.1 Å². The van der Waals surface area contributed by atoms with Crippen molar-refractivity contribution in [2.75, 3.05) is 13.2 Å². The Morgan fingerprint density at radius 1 is 1.20 bits per heavy atom. The van der Waals surface area contributed by atoms with Gasteiger partial charge in [-0.05, 0) is 25.3 Å². The molecule has 0 amide bonds. The third kappa shape index (κ3) is 10.7. The highest BCUT2D eigenvalue weighted by Crippen LogP contribution is 2.04. The molecule has 0 radical (unpaired) electrons. The molecule has 6 N–H and O–H groups in total. The van der Waals surface area contributed by atoms with Gasteiger partial charge in [-0.2, -0.15) is 0 Å². The van der Waals surface area contributed by atoms with Gasteiger partial charge in [0.2, 0.25) is 0 Å². The molecule has 0 aromatic heterocycles. The first-order chi connectivity index (χ1) is 9.31. The number of hydrogen-bond donors (Lipinski definition) is 5. The Labute approximate surface area is 120 Å². The largest absolute Gasteiger partial charge is 0.480 e. The minimum Gasteiger partial charge on any atom is -0.480 e. The maximum Gasteiger partial charge on any atom is 0.320 e. The van der Waals surface area contributed by atoms with Gasteiger partial charge in [-0.1, -0.05) is 27.2 Å². The number of rotatable bonds is 9. The van der Waals surface area contributed by atoms with E-state index in [1.807, 2.05) is 20.8 Å². The fourth-order valence-corrected chi connectivity index (χ4v) is 1.26. The van der Waals surface area contributed by atoms with Crippen molar-refractivity contribution in [3.63, 3.8) is 0 Å². The lowest BCUT2D eigenvalue weighted by Crippen LogP contribution is -2.37. The molecule has 0 fully saturated rings. The number of hydrogen-bond acceptors (Lipinski definition) is 5. The fourth-order valence-electron chi connectivity index (χ4n) is 1.26. The van der Waals surface area contributed by atoms with Crippen LogP contribution >= 0.6 is 0 Å². The standard InChI is InChI=1S/C7H15NO3.C6H13NO2/c1-2-4-8-6(3-5-9)7(10)11;1-3-4(2)5(7)6(8)9/h6,8-9H,2-5H2,1H3,(H,10,11);4-5H,3,7H2,1-2H3,(H,8,9)/t6-;4-,5-/m00/s1. The molecule has 20 heavy (non-hydrogen) atoms. The van der Waals surface area contributed by atoms with Gasteiger partial charge in [0, 0.05) is 6.61 Å². The molecule has 0 aromatic rings. The number of aliphatic carboxylic acids is 2. The van der Waals surface area contributed by atoms with Crippen LogP contribution in [0.5, 0.6) is 0 Å². The van der Waals surface area contributed by atoms with Crippen LogP contribution in [0.4, 0.5) is 0 Å². The maximum absolute atomic E-state index is 10.4. The second kappa shape index (κ2) is 12.8. The normalized spacial score (nSPS) is 14.7. The second-order valence-corrected chi connectivity index (χ2v) is 4.61. The Balaban J connectivity index is 0. The van der Waals surface area contributed by atoms with E-state index in [9.17, 15) is 9.59 Å². The summed E-state index contributed by atoms with van der Waals surface area (Å²) in [5.74, 6) is -1.74. The number of aliphatic hydroxyl groups excluding tert-OH is 1. The minimum atomic E-state index is -0.913. The summed E-state index contributed by atoms with van der Waals surface area (Å²) in [5, 5.41) is 28.2. The smallest absolute Gasteiger partial charge is 0.320 e. The van der Waals surface area contributed by atoms with Gasteiger partial charge in [0.25, 0.3) is 0 Å². The first kappa shape index (κ1) is 21.1. The van der Waals surface area contributed by atoms with E-state index in [-0.39, 0.29) is 18.9 Å². The van der Waals surface area contributed by atoms with Gasteiger partial charge in [-0.3, -0.25) is 9.59 Å². The molecule has 0 aliphatic heterocycles. The van der Waals surface area contributed by atoms with E-state index in [1.165, 1.54) is 0 Å². The molecule has 0 saturated heterocycles. The Hall–Kier alpha value is -1.18. The summed E-state index contributed by atoms with van der Waals surface area (Å²) in [7, 11) is 0. The number of aliphatic hydroxyl groups is 1. The van der Waals surface area contributed by atoms with Gasteiger partial charge in [-0.25, -0.2) is 0 Å². The molecule has 3 atom stereocenters. The summed E-state index contributed by atoms with van der Waals surface area (Å²) in [4.78, 5) is 20.6. The van der Waals surface area contributed by atoms with Gasteiger partial charge >= 0.3 is 11.9 Å². The second-order valence-electron chi connectivity index (χ2n) is 4.61. The van der Waals surface area contributed by atoms with Crippen LogP contribution in [-0.2, 0) is 9.59 Å². The van der Waals surface area contributed by atoms with Gasteiger partial charge in [-0.15, -0.1) is 0 Å². The van der Waals surface area contributed by atoms with Crippen LogP contribution in [0, 0.1) is 5.92 Å². The van der Waals surface area contributed by atoms with Crippen molar-refractivity contribution in [2.24, 2.45) is 11.7 Å². The summed E-state index contributed by atoms with van der Waals surface area (Å²) >= 11 is 0. The highest BCUT2D eigenvalue weighted by molar-refractivity contribution is 5.73. The lowest BCUT2D eigenvalue weighted by atomic mass is 10.0. The lowest BCUT2D eigenvalue weighted by molar-refractivity contribution is -0.140. The summed E-state index contributed by atoms with van der Waals surface area (Å²) in [5.41, 5.74) is 5.27. The number of carboxylic acid groups (broad SMARTS) is 2. The predicted octanol–water partition coefficient (Wildman–Crippen LogP) is 0.266. The molecule has 0 rings (SSSR count). The molecule has 0 spiro atoms. The molecule has 0 aromatic carbocycles. The highest BCUT2D eigenvalue weighted by atomic mass is 16.4. The van der Waals surface area contributed by atoms with Crippen molar-refractivity contribution >= 4 is 11.9 Å². The Kier molecular flexibility index (Phi) is 13.6. The number of carboxylic acids is 2. The van der Waals surface area contributed by atoms with Crippen molar-refractivity contribution in [1.29, 1.82) is 0 Å². The molecular weight excluding hydrogens is 264 g/mol. The van der Waals surface area contributed by atoms with Crippen LogP contribution in [0.2, 0.25) is 0 Å². The van der Waals surface area contributed by atoms with Gasteiger partial charge < -0.3 is 26.4 Å². The van der Waals surface area contributed by atoms with Crippen LogP contribution in [-0.4, -0.2) is 52.5 Å². The van der Waals surface area contributed by atoms with Crippen LogP contribution in [0.1, 0.15) is 40.0 Å². The van der Waals surface area contributed by atoms with Gasteiger partial charge in [0.15, 0.2) is 0 Å². The summed E-state index contributed by atoms with van der Waals surface area (Å²) in [6.45, 7) is 6.31. The lowest BCUT2D eigenvalue weighted by Gasteiger charge is -2.11. The third-order valence-corrected chi connectivity index (χ3v) is 2.90. The van der Waals surface area contributed by atoms with E-state index >= 15 is 0 Å². The summed E-state index contributed by atoms with van der Waals surface area (Å²) in [6.07, 6.45) is 1.98. The fraction of sp³-hybridized carbons (Fsp3) is 0.846. The highest BCUT2D eigenvalue weighted by Gasteiger charge is 2.17. The Bertz CT molecular complexity index is 273. The van der Waals surface area contributed by atoms with E-state index in [0.717, 1.165) is 12.8 Å². The molecule has 0 heterocycles. The third-order valence-electron chi connectivity index (χ3n) is 2.90. The van der Waals surface area contributed by atoms with E-state index in [1.54, 1.807) is 0 Å². The first-order valence-corrected chi connectivity index (χ1v) is 6.87. The topological polar surface area (TPSA) is 133 Å². The molecule has 0 aliphatic carbocycles. The van der Waals surface area contributed by atoms with E-state index in [0.29, 0.717) is 6.54 Å². The molecule has 7 nitrogen and oxygen atoms in total. The predicted molar refractivity (Wildman–Crippen MR) is 76.5 cm³/mol. The van der Waals surface area contributed by atoms with Crippen LogP contribution in [0.15, 0.2) is 0 Å². The zero-order valence-corrected chi connectivity index (χ0v) is 12.5. The Morgan fingerprint density at radius 3 is 2.00 bits per heavy atom. The number of nitrogens with one attached hydrogen (secondary N) is 1. The van der Waals surface area contributed by atoms with Crippen molar-refractivity contribution in [1.82, 2.24) is 5.32 Å². The summed E-state index contributed by atoms with van der Waals surface area (Å²) in [6, 6.07) is -1.30. The SMILES string of the molecule is CCCN[C@@H](CCO)C(=O)O.CC[C@H](C)[C@H](N)C(=O)O. The monoisotopic (exact) mass is 292 g/mol. The molecule has 120 valence electrons. The van der Waals surface area contributed by atoms with Gasteiger partial charge in [0.1, 0.15) is 12.1 Å². The molecule has 7 heteroatoms.